The molecule has 1 aliphatic rings. The zero-order chi connectivity index (χ0) is 27.5. The highest BCUT2D eigenvalue weighted by Gasteiger charge is 2.29. The van der Waals surface area contributed by atoms with E-state index in [0.29, 0.717) is 32.6 Å². The van der Waals surface area contributed by atoms with Crippen molar-refractivity contribution in [3.8, 4) is 5.69 Å². The van der Waals surface area contributed by atoms with Gasteiger partial charge in [-0.3, -0.25) is 4.79 Å². The first-order valence-corrected chi connectivity index (χ1v) is 14.0. The number of para-hydroxylation sites is 1. The van der Waals surface area contributed by atoms with Crippen molar-refractivity contribution in [2.45, 2.75) is 32.6 Å². The SMILES string of the molecule is CCC(C(=O)N1CCN(c2nc(Cc3ccc(C)cc3)nc3c2cnn3-c2ccccc2)CC1)c1ccccc1. The Morgan fingerprint density at radius 3 is 2.20 bits per heavy atom. The molecule has 0 radical (unpaired) electrons. The molecule has 0 aliphatic carbocycles. The summed E-state index contributed by atoms with van der Waals surface area (Å²) in [6.07, 6.45) is 3.29. The van der Waals surface area contributed by atoms with Crippen molar-refractivity contribution in [3.63, 3.8) is 0 Å². The smallest absolute Gasteiger partial charge is 0.230 e. The number of fused-ring (bicyclic) bond motifs is 1. The third kappa shape index (κ3) is 5.19. The fourth-order valence-electron chi connectivity index (χ4n) is 5.50. The van der Waals surface area contributed by atoms with Crippen LogP contribution in [0.4, 0.5) is 5.82 Å². The van der Waals surface area contributed by atoms with Crippen LogP contribution in [0.25, 0.3) is 16.7 Å². The standard InChI is InChI=1S/C33H34N6O/c1-3-28(26-10-6-4-7-11-26)33(40)38-20-18-37(19-21-38)31-29-23-34-39(27-12-8-5-9-13-27)32(29)36-30(35-31)22-25-16-14-24(2)15-17-25/h4-17,23,28H,3,18-22H2,1-2H3. The van der Waals surface area contributed by atoms with Crippen molar-refractivity contribution < 1.29 is 4.79 Å². The van der Waals surface area contributed by atoms with Gasteiger partial charge in [-0.25, -0.2) is 14.6 Å². The maximum Gasteiger partial charge on any atom is 0.230 e. The van der Waals surface area contributed by atoms with Crippen LogP contribution in [-0.4, -0.2) is 56.7 Å². The molecular weight excluding hydrogens is 496 g/mol. The van der Waals surface area contributed by atoms with Gasteiger partial charge >= 0.3 is 0 Å². The van der Waals surface area contributed by atoms with Gasteiger partial charge in [0.25, 0.3) is 0 Å². The summed E-state index contributed by atoms with van der Waals surface area (Å²) in [5, 5.41) is 5.64. The average Bonchev–Trinajstić information content (AvgIpc) is 3.43. The van der Waals surface area contributed by atoms with Gasteiger partial charge in [0.2, 0.25) is 5.91 Å². The second-order valence-electron chi connectivity index (χ2n) is 10.4. The topological polar surface area (TPSA) is 67.2 Å². The molecule has 0 bridgehead atoms. The van der Waals surface area contributed by atoms with E-state index in [1.54, 1.807) is 0 Å². The van der Waals surface area contributed by atoms with E-state index < -0.39 is 0 Å². The lowest BCUT2D eigenvalue weighted by molar-refractivity contribution is -0.133. The third-order valence-corrected chi connectivity index (χ3v) is 7.74. The van der Waals surface area contributed by atoms with Crippen molar-refractivity contribution in [2.24, 2.45) is 0 Å². The third-order valence-electron chi connectivity index (χ3n) is 7.74. The van der Waals surface area contributed by atoms with Gasteiger partial charge in [0, 0.05) is 32.6 Å². The summed E-state index contributed by atoms with van der Waals surface area (Å²) in [5.74, 6) is 1.75. The minimum absolute atomic E-state index is 0.108. The number of nitrogens with zero attached hydrogens (tertiary/aromatic N) is 6. The van der Waals surface area contributed by atoms with Gasteiger partial charge in [-0.2, -0.15) is 5.10 Å². The number of hydrogen-bond donors (Lipinski definition) is 0. The molecule has 1 atom stereocenters. The van der Waals surface area contributed by atoms with Gasteiger partial charge in [0.15, 0.2) is 5.65 Å². The Morgan fingerprint density at radius 1 is 0.850 bits per heavy atom. The molecule has 1 saturated heterocycles. The quantitative estimate of drug-likeness (QED) is 0.276. The maximum atomic E-state index is 13.5. The molecule has 1 unspecified atom stereocenters. The Labute approximate surface area is 235 Å². The summed E-state index contributed by atoms with van der Waals surface area (Å²) in [4.78, 5) is 27.9. The van der Waals surface area contributed by atoms with E-state index in [1.165, 1.54) is 11.1 Å². The van der Waals surface area contributed by atoms with Crippen molar-refractivity contribution in [1.82, 2.24) is 24.6 Å². The fraction of sp³-hybridized carbons (Fsp3) is 0.273. The summed E-state index contributed by atoms with van der Waals surface area (Å²) in [6, 6.07) is 28.7. The highest BCUT2D eigenvalue weighted by Crippen LogP contribution is 2.29. The van der Waals surface area contributed by atoms with E-state index in [4.69, 9.17) is 15.1 Å². The number of piperazine rings is 1. The van der Waals surface area contributed by atoms with Crippen LogP contribution >= 0.6 is 0 Å². The summed E-state index contributed by atoms with van der Waals surface area (Å²) in [7, 11) is 0. The lowest BCUT2D eigenvalue weighted by Gasteiger charge is -2.37. The lowest BCUT2D eigenvalue weighted by atomic mass is 9.95. The number of benzene rings is 3. The Bertz CT molecular complexity index is 1590. The monoisotopic (exact) mass is 530 g/mol. The number of hydrogen-bond acceptors (Lipinski definition) is 5. The molecule has 40 heavy (non-hydrogen) atoms. The van der Waals surface area contributed by atoms with Crippen molar-refractivity contribution in [2.75, 3.05) is 31.1 Å². The average molecular weight is 531 g/mol. The Morgan fingerprint density at radius 2 is 1.52 bits per heavy atom. The van der Waals surface area contributed by atoms with Crippen molar-refractivity contribution >= 4 is 22.8 Å². The molecule has 1 aliphatic heterocycles. The number of amides is 1. The molecule has 1 amide bonds. The summed E-state index contributed by atoms with van der Waals surface area (Å²) in [5.41, 5.74) is 5.25. The van der Waals surface area contributed by atoms with E-state index in [-0.39, 0.29) is 11.8 Å². The van der Waals surface area contributed by atoms with Gasteiger partial charge in [-0.15, -0.1) is 0 Å². The second-order valence-corrected chi connectivity index (χ2v) is 10.4. The van der Waals surface area contributed by atoms with Crippen LogP contribution in [0, 0.1) is 6.92 Å². The van der Waals surface area contributed by atoms with Gasteiger partial charge in [0.1, 0.15) is 11.6 Å². The normalized spacial score (nSPS) is 14.4. The Hall–Kier alpha value is -4.52. The second kappa shape index (κ2) is 11.3. The molecule has 6 rings (SSSR count). The van der Waals surface area contributed by atoms with Crippen LogP contribution in [0.2, 0.25) is 0 Å². The predicted octanol–water partition coefficient (Wildman–Crippen LogP) is 5.56. The zero-order valence-electron chi connectivity index (χ0n) is 23.1. The Balaban J connectivity index is 1.29. The van der Waals surface area contributed by atoms with Crippen molar-refractivity contribution in [1.29, 1.82) is 0 Å². The highest BCUT2D eigenvalue weighted by atomic mass is 16.2. The number of anilines is 1. The minimum atomic E-state index is -0.108. The van der Waals surface area contributed by atoms with Gasteiger partial charge in [-0.05, 0) is 36.6 Å². The number of aromatic nitrogens is 4. The van der Waals surface area contributed by atoms with Crippen LogP contribution in [-0.2, 0) is 11.2 Å². The lowest BCUT2D eigenvalue weighted by Crippen LogP contribution is -2.50. The summed E-state index contributed by atoms with van der Waals surface area (Å²) >= 11 is 0. The number of carbonyl (C=O) groups is 1. The number of rotatable bonds is 7. The van der Waals surface area contributed by atoms with Crippen molar-refractivity contribution in [3.05, 3.63) is 114 Å². The molecule has 202 valence electrons. The van der Waals surface area contributed by atoms with Gasteiger partial charge < -0.3 is 9.80 Å². The first kappa shape index (κ1) is 25.7. The van der Waals surface area contributed by atoms with Crippen LogP contribution in [0.1, 0.15) is 41.8 Å². The first-order valence-electron chi connectivity index (χ1n) is 14.0. The van der Waals surface area contributed by atoms with Gasteiger partial charge in [-0.1, -0.05) is 85.3 Å². The summed E-state index contributed by atoms with van der Waals surface area (Å²) < 4.78 is 1.89. The van der Waals surface area contributed by atoms with Crippen LogP contribution in [0.5, 0.6) is 0 Å². The van der Waals surface area contributed by atoms with Crippen LogP contribution < -0.4 is 4.90 Å². The van der Waals surface area contributed by atoms with Gasteiger partial charge in [0.05, 0.1) is 23.2 Å². The predicted molar refractivity (Wildman–Crippen MR) is 159 cm³/mol. The molecule has 0 saturated carbocycles. The minimum Gasteiger partial charge on any atom is -0.352 e. The molecule has 2 aromatic heterocycles. The number of aryl methyl sites for hydroxylation is 1. The molecule has 7 heteroatoms. The molecule has 0 N–H and O–H groups in total. The molecular formula is C33H34N6O. The van der Waals surface area contributed by atoms with Crippen LogP contribution in [0.3, 0.4) is 0 Å². The van der Waals surface area contributed by atoms with E-state index in [2.05, 4.69) is 55.1 Å². The molecule has 1 fully saturated rings. The van der Waals surface area contributed by atoms with E-state index in [9.17, 15) is 4.79 Å². The molecule has 0 spiro atoms. The zero-order valence-corrected chi connectivity index (χ0v) is 23.1. The molecule has 3 heterocycles. The Kier molecular flexibility index (Phi) is 7.27. The van der Waals surface area contributed by atoms with E-state index in [0.717, 1.165) is 40.3 Å². The maximum absolute atomic E-state index is 13.5. The summed E-state index contributed by atoms with van der Waals surface area (Å²) in [6.45, 7) is 6.92. The molecule has 7 nitrogen and oxygen atoms in total. The number of carbonyl (C=O) groups excluding carboxylic acids is 1. The van der Waals surface area contributed by atoms with E-state index >= 15 is 0 Å². The molecule has 5 aromatic rings. The molecule has 3 aromatic carbocycles. The van der Waals surface area contributed by atoms with Crippen LogP contribution in [0.15, 0.2) is 91.1 Å². The highest BCUT2D eigenvalue weighted by molar-refractivity contribution is 5.88. The first-order chi connectivity index (χ1) is 19.6. The largest absolute Gasteiger partial charge is 0.352 e. The van der Waals surface area contributed by atoms with E-state index in [1.807, 2.05) is 64.3 Å². The fourth-order valence-corrected chi connectivity index (χ4v) is 5.50.